The maximum atomic E-state index is 12.9. The number of hydrogen-bond acceptors (Lipinski definition) is 6. The second-order valence-electron chi connectivity index (χ2n) is 9.25. The smallest absolute Gasteiger partial charge is 0.0623 e. The first kappa shape index (κ1) is 28.0. The number of ether oxygens (including phenoxy) is 4. The summed E-state index contributed by atoms with van der Waals surface area (Å²) < 4.78 is 42.7. The van der Waals surface area contributed by atoms with Gasteiger partial charge in [-0.15, -0.1) is 0 Å². The van der Waals surface area contributed by atoms with E-state index >= 15 is 0 Å². The Balaban J connectivity index is 0.000000369. The monoisotopic (exact) mass is 504 g/mol. The van der Waals surface area contributed by atoms with Crippen molar-refractivity contribution in [3.63, 3.8) is 0 Å². The van der Waals surface area contributed by atoms with E-state index < -0.39 is 37.4 Å². The molecule has 0 radical (unpaired) electrons. The number of benzene rings is 2. The Bertz CT molecular complexity index is 935. The quantitative estimate of drug-likeness (QED) is 0.430. The zero-order valence-corrected chi connectivity index (χ0v) is 22.4. The van der Waals surface area contributed by atoms with Gasteiger partial charge in [-0.25, -0.2) is 0 Å². The summed E-state index contributed by atoms with van der Waals surface area (Å²) in [5.74, 6) is -1.93. The van der Waals surface area contributed by atoms with Crippen LogP contribution in [0.1, 0.15) is 47.1 Å². The molecule has 192 valence electrons. The molecule has 0 spiro atoms. The maximum absolute atomic E-state index is 12.9. The summed E-state index contributed by atoms with van der Waals surface area (Å²) in [6.07, 6.45) is -1.63. The number of fused-ring (bicyclic) bond motifs is 1. The van der Waals surface area contributed by atoms with Crippen molar-refractivity contribution in [1.82, 2.24) is 5.32 Å². The van der Waals surface area contributed by atoms with Gasteiger partial charge in [0.05, 0.1) is 0 Å². The molecular formula is C27H39NO6P+. The molecule has 0 aliphatic carbocycles. The van der Waals surface area contributed by atoms with Crippen molar-refractivity contribution >= 4 is 7.88 Å². The maximum Gasteiger partial charge on any atom is -0.0623 e. The molecule has 8 heteroatoms. The molecule has 1 N–H and O–H groups in total. The largest absolute Gasteiger partial charge is 0.0623 e. The third kappa shape index (κ3) is 7.72. The number of nitrogens with one attached hydrogen (secondary N) is 1. The molecule has 0 amide bonds. The zero-order chi connectivity index (χ0) is 25.5. The van der Waals surface area contributed by atoms with Gasteiger partial charge in [0, 0.05) is 0 Å². The van der Waals surface area contributed by atoms with Gasteiger partial charge >= 0.3 is 160 Å². The molecule has 6 unspecified atom stereocenters. The van der Waals surface area contributed by atoms with Gasteiger partial charge < -0.3 is 0 Å². The van der Waals surface area contributed by atoms with E-state index in [0.717, 1.165) is 5.56 Å². The van der Waals surface area contributed by atoms with Crippen molar-refractivity contribution in [2.45, 2.75) is 89.9 Å². The van der Waals surface area contributed by atoms with E-state index in [4.69, 9.17) is 23.5 Å². The van der Waals surface area contributed by atoms with E-state index in [0.29, 0.717) is 13.2 Å². The van der Waals surface area contributed by atoms with Gasteiger partial charge in [-0.05, 0) is 0 Å². The van der Waals surface area contributed by atoms with Crippen molar-refractivity contribution in [3.05, 3.63) is 72.3 Å². The number of hydrogen-bond donors (Lipinski definition) is 1. The molecule has 0 saturated carbocycles. The summed E-state index contributed by atoms with van der Waals surface area (Å²) >= 11 is 0. The first-order valence-corrected chi connectivity index (χ1v) is 13.6. The molecule has 7 nitrogen and oxygen atoms in total. The molecular weight excluding hydrogens is 465 g/mol. The summed E-state index contributed by atoms with van der Waals surface area (Å²) in [7, 11) is -2.01. The minimum absolute atomic E-state index is 0.348. The Hall–Kier alpha value is -1.54. The fourth-order valence-electron chi connectivity index (χ4n) is 4.23. The van der Waals surface area contributed by atoms with Gasteiger partial charge in [0.15, 0.2) is 0 Å². The molecule has 2 aromatic carbocycles. The molecule has 3 aliphatic rings. The minimum Gasteiger partial charge on any atom is -0.0623 e. The van der Waals surface area contributed by atoms with Crippen molar-refractivity contribution in [1.29, 1.82) is 0 Å². The Labute approximate surface area is 210 Å². The van der Waals surface area contributed by atoms with Crippen LogP contribution in [0.3, 0.4) is 0 Å². The van der Waals surface area contributed by atoms with Crippen LogP contribution < -0.4 is 5.32 Å². The van der Waals surface area contributed by atoms with E-state index in [1.165, 1.54) is 0 Å². The van der Waals surface area contributed by atoms with Crippen molar-refractivity contribution < 1.29 is 27.9 Å². The van der Waals surface area contributed by atoms with Crippen LogP contribution in [0, 0.1) is 0 Å². The van der Waals surface area contributed by atoms with Gasteiger partial charge in [-0.3, -0.25) is 0 Å². The van der Waals surface area contributed by atoms with Gasteiger partial charge in [0.1, 0.15) is 0 Å². The Morgan fingerprint density at radius 2 is 1.34 bits per heavy atom. The number of rotatable bonds is 4. The molecule has 5 rings (SSSR count). The third-order valence-corrected chi connectivity index (χ3v) is 7.05. The predicted molar refractivity (Wildman–Crippen MR) is 136 cm³/mol. The molecule has 2 aromatic rings. The summed E-state index contributed by atoms with van der Waals surface area (Å²) in [6, 6.07) is 22.0. The van der Waals surface area contributed by atoms with Crippen LogP contribution >= 0.6 is 7.88 Å². The van der Waals surface area contributed by atoms with Crippen LogP contribution in [0.15, 0.2) is 66.7 Å². The SMILES string of the molecule is CC.CC1(C)OCC(C2OP(#[O+])C(NCc3ccccc3)C3OC(C)(C)OC23)O1.c1ccccc1. The van der Waals surface area contributed by atoms with E-state index in [1.807, 2.05) is 108 Å². The normalized spacial score (nSPS) is 31.3. The van der Waals surface area contributed by atoms with E-state index in [1.54, 1.807) is 0 Å². The van der Waals surface area contributed by atoms with Crippen molar-refractivity contribution in [3.8, 4) is 0 Å². The second kappa shape index (κ2) is 12.6. The van der Waals surface area contributed by atoms with Crippen LogP contribution in [0.4, 0.5) is 0 Å². The van der Waals surface area contributed by atoms with Gasteiger partial charge in [-0.1, -0.05) is 50.2 Å². The first-order chi connectivity index (χ1) is 16.7. The summed E-state index contributed by atoms with van der Waals surface area (Å²) in [4.78, 5) is 0. The molecule has 0 aromatic heterocycles. The standard InChI is InChI=1S/C19H27NO6P.C6H6.C2H6/c1-18(2)22-11-13(23-18)14-15-16(25-19(3,4)24-15)17(27(21)26-14)20-10-12-8-6-5-7-9-12;1-2-4-6-5-3-1;1-2/h5-9,13-17,20H,10-11H2,1-4H3;1-6H;1-2H3/q+1;;. The molecule has 3 saturated heterocycles. The van der Waals surface area contributed by atoms with Crippen LogP contribution in [0.5, 0.6) is 0 Å². The van der Waals surface area contributed by atoms with Crippen molar-refractivity contribution in [2.75, 3.05) is 6.61 Å². The van der Waals surface area contributed by atoms with Gasteiger partial charge in [0.2, 0.25) is 0 Å². The molecule has 3 heterocycles. The molecule has 3 aliphatic heterocycles. The van der Waals surface area contributed by atoms with E-state index in [-0.39, 0.29) is 12.2 Å². The average Bonchev–Trinajstić information content (AvgIpc) is 3.39. The predicted octanol–water partition coefficient (Wildman–Crippen LogP) is 5.63. The Kier molecular flexibility index (Phi) is 10.1. The first-order valence-electron chi connectivity index (χ1n) is 12.3. The molecule has 6 atom stereocenters. The third-order valence-electron chi connectivity index (χ3n) is 5.67. The van der Waals surface area contributed by atoms with Crippen LogP contribution in [0.2, 0.25) is 0 Å². The van der Waals surface area contributed by atoms with Crippen LogP contribution in [-0.4, -0.2) is 48.4 Å². The molecule has 3 fully saturated rings. The fourth-order valence-corrected chi connectivity index (χ4v) is 5.57. The average molecular weight is 505 g/mol. The van der Waals surface area contributed by atoms with Gasteiger partial charge in [0.25, 0.3) is 0 Å². The fraction of sp³-hybridized carbons (Fsp3) is 0.556. The summed E-state index contributed by atoms with van der Waals surface area (Å²) in [5.41, 5.74) is 1.10. The van der Waals surface area contributed by atoms with Crippen molar-refractivity contribution in [2.24, 2.45) is 0 Å². The van der Waals surface area contributed by atoms with Crippen LogP contribution in [-0.2, 0) is 34.4 Å². The second-order valence-corrected chi connectivity index (χ2v) is 10.6. The summed E-state index contributed by atoms with van der Waals surface area (Å²) in [6.45, 7) is 12.4. The van der Waals surface area contributed by atoms with Gasteiger partial charge in [-0.2, -0.15) is 0 Å². The molecule has 0 bridgehead atoms. The Morgan fingerprint density at radius 3 is 1.89 bits per heavy atom. The summed E-state index contributed by atoms with van der Waals surface area (Å²) in [5, 5.41) is 3.34. The molecule has 35 heavy (non-hydrogen) atoms. The zero-order valence-electron chi connectivity index (χ0n) is 21.5. The van der Waals surface area contributed by atoms with E-state index in [2.05, 4.69) is 5.32 Å². The minimum atomic E-state index is -2.01. The van der Waals surface area contributed by atoms with E-state index in [9.17, 15) is 4.41 Å². The topological polar surface area (TPSA) is 78.1 Å². The Morgan fingerprint density at radius 1 is 0.800 bits per heavy atom. The van der Waals surface area contributed by atoms with Crippen LogP contribution in [0.25, 0.3) is 0 Å².